The van der Waals surface area contributed by atoms with Crippen molar-refractivity contribution in [3.05, 3.63) is 11.8 Å². The van der Waals surface area contributed by atoms with E-state index < -0.39 is 6.09 Å². The highest BCUT2D eigenvalue weighted by molar-refractivity contribution is 5.83. The molecule has 0 saturated heterocycles. The van der Waals surface area contributed by atoms with Crippen molar-refractivity contribution in [3.8, 4) is 0 Å². The SMILES string of the molecule is Cc1cc(NC(=O)OCC(C)C)n[nH]1. The Bertz CT molecular complexity index is 307. The molecule has 2 N–H and O–H groups in total. The summed E-state index contributed by atoms with van der Waals surface area (Å²) in [6.07, 6.45) is -0.467. The van der Waals surface area contributed by atoms with Crippen LogP contribution in [0.2, 0.25) is 0 Å². The molecule has 78 valence electrons. The standard InChI is InChI=1S/C9H15N3O2/c1-6(2)5-14-9(13)10-8-4-7(3)11-12-8/h4,6H,5H2,1-3H3,(H2,10,11,12,13). The number of carbonyl (C=O) groups excluding carboxylic acids is 1. The van der Waals surface area contributed by atoms with Gasteiger partial charge in [-0.1, -0.05) is 13.8 Å². The number of amides is 1. The molecular formula is C9H15N3O2. The van der Waals surface area contributed by atoms with E-state index in [-0.39, 0.29) is 0 Å². The van der Waals surface area contributed by atoms with Crippen molar-refractivity contribution in [1.82, 2.24) is 10.2 Å². The molecule has 5 nitrogen and oxygen atoms in total. The van der Waals surface area contributed by atoms with Gasteiger partial charge in [-0.25, -0.2) is 4.79 Å². The van der Waals surface area contributed by atoms with Gasteiger partial charge in [-0.15, -0.1) is 0 Å². The number of anilines is 1. The van der Waals surface area contributed by atoms with Crippen LogP contribution in [-0.4, -0.2) is 22.9 Å². The maximum atomic E-state index is 11.1. The average Bonchev–Trinajstić information content (AvgIpc) is 2.48. The van der Waals surface area contributed by atoms with E-state index in [0.29, 0.717) is 18.3 Å². The summed E-state index contributed by atoms with van der Waals surface area (Å²) < 4.78 is 4.91. The maximum Gasteiger partial charge on any atom is 0.412 e. The van der Waals surface area contributed by atoms with Gasteiger partial charge in [0.15, 0.2) is 5.82 Å². The van der Waals surface area contributed by atoms with Crippen LogP contribution >= 0.6 is 0 Å². The molecule has 0 aliphatic heterocycles. The van der Waals surface area contributed by atoms with Crippen molar-refractivity contribution < 1.29 is 9.53 Å². The molecule has 1 rings (SSSR count). The first-order valence-electron chi connectivity index (χ1n) is 4.53. The molecule has 1 amide bonds. The first-order chi connectivity index (χ1) is 6.58. The predicted octanol–water partition coefficient (Wildman–Crippen LogP) is 1.92. The van der Waals surface area contributed by atoms with Crippen LogP contribution in [0.25, 0.3) is 0 Å². The van der Waals surface area contributed by atoms with Gasteiger partial charge in [-0.05, 0) is 12.8 Å². The summed E-state index contributed by atoms with van der Waals surface area (Å²) in [5, 5.41) is 9.08. The lowest BCUT2D eigenvalue weighted by molar-refractivity contribution is 0.147. The highest BCUT2D eigenvalue weighted by Gasteiger charge is 2.05. The predicted molar refractivity (Wildman–Crippen MR) is 53.1 cm³/mol. The van der Waals surface area contributed by atoms with Crippen LogP contribution in [0.1, 0.15) is 19.5 Å². The van der Waals surface area contributed by atoms with E-state index >= 15 is 0 Å². The zero-order valence-corrected chi connectivity index (χ0v) is 8.63. The highest BCUT2D eigenvalue weighted by Crippen LogP contribution is 2.04. The summed E-state index contributed by atoms with van der Waals surface area (Å²) in [6, 6.07) is 1.73. The van der Waals surface area contributed by atoms with Crippen LogP contribution in [0.3, 0.4) is 0 Å². The number of carbonyl (C=O) groups is 1. The Balaban J connectivity index is 2.34. The third-order valence-electron chi connectivity index (χ3n) is 1.48. The number of hydrogen-bond acceptors (Lipinski definition) is 3. The van der Waals surface area contributed by atoms with Gasteiger partial charge in [0.05, 0.1) is 6.61 Å². The minimum Gasteiger partial charge on any atom is -0.449 e. The summed E-state index contributed by atoms with van der Waals surface area (Å²) in [7, 11) is 0. The van der Waals surface area contributed by atoms with Gasteiger partial charge in [0.1, 0.15) is 0 Å². The second kappa shape index (κ2) is 4.64. The van der Waals surface area contributed by atoms with Gasteiger partial charge < -0.3 is 4.74 Å². The van der Waals surface area contributed by atoms with Crippen LogP contribution in [-0.2, 0) is 4.74 Å². The highest BCUT2D eigenvalue weighted by atomic mass is 16.5. The minimum absolute atomic E-state index is 0.335. The van der Waals surface area contributed by atoms with Crippen LogP contribution in [0.4, 0.5) is 10.6 Å². The summed E-state index contributed by atoms with van der Waals surface area (Å²) in [5.74, 6) is 0.818. The molecule has 0 aromatic carbocycles. The van der Waals surface area contributed by atoms with Crippen molar-refractivity contribution in [3.63, 3.8) is 0 Å². The van der Waals surface area contributed by atoms with Crippen LogP contribution in [0, 0.1) is 12.8 Å². The molecule has 0 atom stereocenters. The molecule has 0 aliphatic rings. The van der Waals surface area contributed by atoms with Crippen molar-refractivity contribution >= 4 is 11.9 Å². The summed E-state index contributed by atoms with van der Waals surface area (Å²) >= 11 is 0. The minimum atomic E-state index is -0.467. The zero-order chi connectivity index (χ0) is 10.6. The maximum absolute atomic E-state index is 11.1. The van der Waals surface area contributed by atoms with Crippen molar-refractivity contribution in [2.75, 3.05) is 11.9 Å². The largest absolute Gasteiger partial charge is 0.449 e. The third-order valence-corrected chi connectivity index (χ3v) is 1.48. The number of nitrogens with one attached hydrogen (secondary N) is 2. The molecule has 0 radical (unpaired) electrons. The Kier molecular flexibility index (Phi) is 3.50. The number of aromatic nitrogens is 2. The Hall–Kier alpha value is -1.52. The third kappa shape index (κ3) is 3.47. The first kappa shape index (κ1) is 10.6. The number of hydrogen-bond donors (Lipinski definition) is 2. The van der Waals surface area contributed by atoms with Gasteiger partial charge in [0.2, 0.25) is 0 Å². The number of aryl methyl sites for hydroxylation is 1. The van der Waals surface area contributed by atoms with E-state index in [2.05, 4.69) is 15.5 Å². The van der Waals surface area contributed by atoms with Gasteiger partial charge >= 0.3 is 6.09 Å². The second-order valence-electron chi connectivity index (χ2n) is 3.55. The monoisotopic (exact) mass is 197 g/mol. The molecule has 1 heterocycles. The molecule has 14 heavy (non-hydrogen) atoms. The van der Waals surface area contributed by atoms with E-state index in [9.17, 15) is 4.79 Å². The Labute approximate surface area is 82.8 Å². The first-order valence-corrected chi connectivity index (χ1v) is 4.53. The molecule has 1 aromatic rings. The van der Waals surface area contributed by atoms with Crippen molar-refractivity contribution in [1.29, 1.82) is 0 Å². The topological polar surface area (TPSA) is 67.0 Å². The van der Waals surface area contributed by atoms with Gasteiger partial charge in [0, 0.05) is 11.8 Å². The van der Waals surface area contributed by atoms with Crippen LogP contribution < -0.4 is 5.32 Å². The lowest BCUT2D eigenvalue weighted by atomic mass is 10.2. The second-order valence-corrected chi connectivity index (χ2v) is 3.55. The summed E-state index contributed by atoms with van der Waals surface area (Å²) in [5.41, 5.74) is 0.893. The fraction of sp³-hybridized carbons (Fsp3) is 0.556. The molecular weight excluding hydrogens is 182 g/mol. The molecule has 5 heteroatoms. The molecule has 0 unspecified atom stereocenters. The van der Waals surface area contributed by atoms with E-state index in [0.717, 1.165) is 5.69 Å². The smallest absolute Gasteiger partial charge is 0.412 e. The fourth-order valence-corrected chi connectivity index (χ4v) is 0.865. The quantitative estimate of drug-likeness (QED) is 0.777. The number of rotatable bonds is 3. The lowest BCUT2D eigenvalue weighted by Crippen LogP contribution is -2.16. The Morgan fingerprint density at radius 2 is 2.43 bits per heavy atom. The summed E-state index contributed by atoms with van der Waals surface area (Å²) in [6.45, 7) is 6.23. The Morgan fingerprint density at radius 3 is 2.93 bits per heavy atom. The van der Waals surface area contributed by atoms with E-state index in [1.54, 1.807) is 6.07 Å². The molecule has 0 bridgehead atoms. The number of nitrogens with zero attached hydrogens (tertiary/aromatic N) is 1. The van der Waals surface area contributed by atoms with Gasteiger partial charge in [-0.2, -0.15) is 5.10 Å². The fourth-order valence-electron chi connectivity index (χ4n) is 0.865. The van der Waals surface area contributed by atoms with Crippen LogP contribution in [0.5, 0.6) is 0 Å². The van der Waals surface area contributed by atoms with Gasteiger partial charge in [-0.3, -0.25) is 10.4 Å². The Morgan fingerprint density at radius 1 is 1.71 bits per heavy atom. The molecule has 0 aliphatic carbocycles. The molecule has 0 fully saturated rings. The van der Waals surface area contributed by atoms with E-state index in [1.165, 1.54) is 0 Å². The molecule has 0 spiro atoms. The normalized spacial score (nSPS) is 10.3. The number of H-pyrrole nitrogens is 1. The average molecular weight is 197 g/mol. The van der Waals surface area contributed by atoms with Crippen LogP contribution in [0.15, 0.2) is 6.07 Å². The van der Waals surface area contributed by atoms with Crippen molar-refractivity contribution in [2.45, 2.75) is 20.8 Å². The number of aromatic amines is 1. The zero-order valence-electron chi connectivity index (χ0n) is 8.63. The van der Waals surface area contributed by atoms with E-state index in [4.69, 9.17) is 4.74 Å². The lowest BCUT2D eigenvalue weighted by Gasteiger charge is -2.06. The van der Waals surface area contributed by atoms with Crippen molar-refractivity contribution in [2.24, 2.45) is 5.92 Å². The molecule has 1 aromatic heterocycles. The van der Waals surface area contributed by atoms with E-state index in [1.807, 2.05) is 20.8 Å². The number of ether oxygens (including phenoxy) is 1. The molecule has 0 saturated carbocycles. The van der Waals surface area contributed by atoms with Gasteiger partial charge in [0.25, 0.3) is 0 Å². The summed E-state index contributed by atoms with van der Waals surface area (Å²) in [4.78, 5) is 11.1.